The number of nitrogens with one attached hydrogen (secondary N) is 1. The number of rotatable bonds is 5. The number of carbonyl (C=O) groups is 2. The summed E-state index contributed by atoms with van der Waals surface area (Å²) >= 11 is 0. The van der Waals surface area contributed by atoms with Gasteiger partial charge in [0.25, 0.3) is 5.91 Å². The van der Waals surface area contributed by atoms with Gasteiger partial charge in [0.2, 0.25) is 0 Å². The average Bonchev–Trinajstić information content (AvgIpc) is 2.93. The molecule has 0 spiro atoms. The van der Waals surface area contributed by atoms with E-state index < -0.39 is 11.6 Å². The fourth-order valence-electron chi connectivity index (χ4n) is 4.46. The maximum absolute atomic E-state index is 13.2. The summed E-state index contributed by atoms with van der Waals surface area (Å²) in [4.78, 5) is 42.3. The second kappa shape index (κ2) is 10.3. The third-order valence-electron chi connectivity index (χ3n) is 6.61. The van der Waals surface area contributed by atoms with Gasteiger partial charge in [0, 0.05) is 37.1 Å². The van der Waals surface area contributed by atoms with E-state index in [1.807, 2.05) is 24.3 Å². The maximum Gasteiger partial charge on any atom is 0.344 e. The highest BCUT2D eigenvalue weighted by molar-refractivity contribution is 6.07. The molecule has 1 amide bonds. The summed E-state index contributed by atoms with van der Waals surface area (Å²) in [6.45, 7) is 3.41. The second-order valence-electron chi connectivity index (χ2n) is 9.03. The van der Waals surface area contributed by atoms with E-state index in [0.29, 0.717) is 33.5 Å². The Morgan fingerprint density at radius 3 is 2.32 bits per heavy atom. The Bertz CT molecular complexity index is 1520. The number of para-hydroxylation sites is 1. The van der Waals surface area contributed by atoms with Crippen molar-refractivity contribution in [1.82, 2.24) is 4.90 Å². The van der Waals surface area contributed by atoms with Gasteiger partial charge in [-0.2, -0.15) is 0 Å². The fourth-order valence-corrected chi connectivity index (χ4v) is 4.46. The highest BCUT2D eigenvalue weighted by Crippen LogP contribution is 2.29. The van der Waals surface area contributed by atoms with Gasteiger partial charge in [-0.15, -0.1) is 0 Å². The van der Waals surface area contributed by atoms with Crippen molar-refractivity contribution in [2.45, 2.75) is 0 Å². The summed E-state index contributed by atoms with van der Waals surface area (Å²) in [5.74, 6) is -0.798. The molecule has 0 aliphatic carbocycles. The predicted octanol–water partition coefficient (Wildman–Crippen LogP) is 4.25. The topological polar surface area (TPSA) is 92.1 Å². The molecule has 1 fully saturated rings. The number of hydrogen-bond acceptors (Lipinski definition) is 7. The summed E-state index contributed by atoms with van der Waals surface area (Å²) < 4.78 is 10.3. The Hall–Kier alpha value is -4.43. The largest absolute Gasteiger partial charge is 0.465 e. The molecule has 1 saturated heterocycles. The van der Waals surface area contributed by atoms with E-state index >= 15 is 0 Å². The highest BCUT2D eigenvalue weighted by atomic mass is 16.5. The summed E-state index contributed by atoms with van der Waals surface area (Å²) in [5, 5.41) is 3.79. The number of benzene rings is 3. The standard InChI is InChI=1S/C29H27N3O5/c1-31-13-15-32(16-14-31)25-12-11-22(28(34)36-2)18-24(25)30-27(33)20-9-7-19(8-10-20)23-17-21-5-3-4-6-26(21)37-29(23)35/h3-12,17-18H,13-16H2,1-2H3,(H,30,33). The first kappa shape index (κ1) is 24.3. The van der Waals surface area contributed by atoms with Crippen LogP contribution in [0.1, 0.15) is 20.7 Å². The number of esters is 1. The van der Waals surface area contributed by atoms with Gasteiger partial charge < -0.3 is 24.3 Å². The van der Waals surface area contributed by atoms with Crippen LogP contribution >= 0.6 is 0 Å². The van der Waals surface area contributed by atoms with Crippen LogP contribution in [0, 0.1) is 0 Å². The van der Waals surface area contributed by atoms with Gasteiger partial charge in [0.05, 0.1) is 29.6 Å². The number of nitrogens with zero attached hydrogens (tertiary/aromatic N) is 2. The number of ether oxygens (including phenoxy) is 1. The quantitative estimate of drug-likeness (QED) is 0.326. The molecular weight excluding hydrogens is 470 g/mol. The van der Waals surface area contributed by atoms with Crippen molar-refractivity contribution in [1.29, 1.82) is 0 Å². The molecule has 3 aromatic carbocycles. The van der Waals surface area contributed by atoms with Crippen molar-refractivity contribution < 1.29 is 18.7 Å². The molecular formula is C29H27N3O5. The molecule has 4 aromatic rings. The summed E-state index contributed by atoms with van der Waals surface area (Å²) in [6, 6.07) is 21.1. The molecule has 0 radical (unpaired) electrons. The average molecular weight is 498 g/mol. The van der Waals surface area contributed by atoms with Crippen LogP contribution in [0.25, 0.3) is 22.1 Å². The zero-order chi connectivity index (χ0) is 25.9. The molecule has 0 saturated carbocycles. The SMILES string of the molecule is COC(=O)c1ccc(N2CCN(C)CC2)c(NC(=O)c2ccc(-c3cc4ccccc4oc3=O)cc2)c1. The molecule has 5 rings (SSSR count). The lowest BCUT2D eigenvalue weighted by Crippen LogP contribution is -2.44. The molecule has 1 aromatic heterocycles. The summed E-state index contributed by atoms with van der Waals surface area (Å²) in [6.07, 6.45) is 0. The van der Waals surface area contributed by atoms with Crippen LogP contribution in [0.3, 0.4) is 0 Å². The molecule has 1 N–H and O–H groups in total. The van der Waals surface area contributed by atoms with E-state index in [1.165, 1.54) is 7.11 Å². The zero-order valence-electron chi connectivity index (χ0n) is 20.7. The van der Waals surface area contributed by atoms with Crippen LogP contribution in [0.2, 0.25) is 0 Å². The molecule has 2 heterocycles. The first-order valence-electron chi connectivity index (χ1n) is 12.0. The van der Waals surface area contributed by atoms with E-state index in [-0.39, 0.29) is 5.91 Å². The van der Waals surface area contributed by atoms with E-state index in [0.717, 1.165) is 37.3 Å². The number of carbonyl (C=O) groups excluding carboxylic acids is 2. The van der Waals surface area contributed by atoms with Crippen molar-refractivity contribution in [3.8, 4) is 11.1 Å². The fraction of sp³-hybridized carbons (Fsp3) is 0.207. The molecule has 8 nitrogen and oxygen atoms in total. The number of amides is 1. The molecule has 188 valence electrons. The van der Waals surface area contributed by atoms with Gasteiger partial charge in [-0.3, -0.25) is 4.79 Å². The molecule has 0 unspecified atom stereocenters. The summed E-state index contributed by atoms with van der Waals surface area (Å²) in [7, 11) is 3.40. The Morgan fingerprint density at radius 2 is 1.59 bits per heavy atom. The Labute approximate surface area is 214 Å². The van der Waals surface area contributed by atoms with Crippen LogP contribution in [0.4, 0.5) is 11.4 Å². The third-order valence-corrected chi connectivity index (χ3v) is 6.61. The van der Waals surface area contributed by atoms with Crippen LogP contribution in [-0.2, 0) is 4.74 Å². The summed E-state index contributed by atoms with van der Waals surface area (Å²) in [5.41, 5.74) is 3.33. The van der Waals surface area contributed by atoms with Gasteiger partial charge >= 0.3 is 11.6 Å². The van der Waals surface area contributed by atoms with Crippen molar-refractivity contribution in [2.24, 2.45) is 0 Å². The van der Waals surface area contributed by atoms with Gasteiger partial charge in [0.15, 0.2) is 0 Å². The van der Waals surface area contributed by atoms with Gasteiger partial charge in [0.1, 0.15) is 5.58 Å². The maximum atomic E-state index is 13.2. The van der Waals surface area contributed by atoms with E-state index in [2.05, 4.69) is 22.2 Å². The number of methoxy groups -OCH3 is 1. The van der Waals surface area contributed by atoms with Crippen LogP contribution in [0.15, 0.2) is 82.0 Å². The van der Waals surface area contributed by atoms with Crippen LogP contribution < -0.4 is 15.8 Å². The van der Waals surface area contributed by atoms with Gasteiger partial charge in [-0.05, 0) is 55.1 Å². The number of likely N-dealkylation sites (N-methyl/N-ethyl adjacent to an activating group) is 1. The van der Waals surface area contributed by atoms with E-state index in [4.69, 9.17) is 9.15 Å². The molecule has 37 heavy (non-hydrogen) atoms. The normalized spacial score (nSPS) is 13.9. The first-order chi connectivity index (χ1) is 17.9. The Morgan fingerprint density at radius 1 is 0.892 bits per heavy atom. The smallest absolute Gasteiger partial charge is 0.344 e. The monoisotopic (exact) mass is 497 g/mol. The molecule has 1 aliphatic heterocycles. The molecule has 0 atom stereocenters. The van der Waals surface area contributed by atoms with E-state index in [9.17, 15) is 14.4 Å². The molecule has 8 heteroatoms. The lowest BCUT2D eigenvalue weighted by molar-refractivity contribution is 0.0600. The lowest BCUT2D eigenvalue weighted by Gasteiger charge is -2.35. The first-order valence-corrected chi connectivity index (χ1v) is 12.0. The van der Waals surface area contributed by atoms with Crippen molar-refractivity contribution >= 4 is 34.2 Å². The van der Waals surface area contributed by atoms with Crippen molar-refractivity contribution in [2.75, 3.05) is 50.6 Å². The minimum absolute atomic E-state index is 0.325. The van der Waals surface area contributed by atoms with Crippen LogP contribution in [0.5, 0.6) is 0 Å². The number of anilines is 2. The Balaban J connectivity index is 1.41. The van der Waals surface area contributed by atoms with E-state index in [1.54, 1.807) is 48.5 Å². The number of piperazine rings is 1. The van der Waals surface area contributed by atoms with Gasteiger partial charge in [-0.25, -0.2) is 9.59 Å². The highest BCUT2D eigenvalue weighted by Gasteiger charge is 2.20. The second-order valence-corrected chi connectivity index (χ2v) is 9.03. The number of fused-ring (bicyclic) bond motifs is 1. The van der Waals surface area contributed by atoms with Gasteiger partial charge in [-0.1, -0.05) is 30.3 Å². The minimum Gasteiger partial charge on any atom is -0.465 e. The minimum atomic E-state index is -0.473. The zero-order valence-corrected chi connectivity index (χ0v) is 20.7. The number of hydrogen-bond donors (Lipinski definition) is 1. The predicted molar refractivity (Wildman–Crippen MR) is 143 cm³/mol. The van der Waals surface area contributed by atoms with Crippen LogP contribution in [-0.4, -0.2) is 57.1 Å². The van der Waals surface area contributed by atoms with Crippen molar-refractivity contribution in [3.63, 3.8) is 0 Å². The lowest BCUT2D eigenvalue weighted by atomic mass is 10.0. The Kier molecular flexibility index (Phi) is 6.74. The molecule has 0 bridgehead atoms. The third kappa shape index (κ3) is 5.10. The molecule has 1 aliphatic rings. The van der Waals surface area contributed by atoms with Crippen molar-refractivity contribution in [3.05, 3.63) is 94.3 Å².